The molecule has 4 aromatic carbocycles. The van der Waals surface area contributed by atoms with Crippen LogP contribution in [0.2, 0.25) is 0 Å². The number of carbonyl (C=O) groups is 2. The van der Waals surface area contributed by atoms with Crippen molar-refractivity contribution in [3.05, 3.63) is 107 Å². The Kier molecular flexibility index (Phi) is 9.44. The maximum absolute atomic E-state index is 13.7. The Morgan fingerprint density at radius 2 is 1.40 bits per heavy atom. The van der Waals surface area contributed by atoms with Crippen molar-refractivity contribution in [1.82, 2.24) is 15.0 Å². The standard InChI is InChI=1S/C32H25N7O10S3/c1-2-25-37-31(35-16-6-5-7-18(12-16)50(43)44)39-32(38-25)36-21-11-10-17(13-23(21)52(47,48)49)34-22-14-24(51(45,46)15-40)28(33)27-26(22)29(41)19-8-3-4-9-20(19)30(27)42/h2-14,34,40H,1,15,33H2,(H,43,44)(H,47,48,49)(H2,35,36,37,38,39). The van der Waals surface area contributed by atoms with Gasteiger partial charge in [0.05, 0.1) is 38.0 Å². The quantitative estimate of drug-likeness (QED) is 0.0563. The number of ketones is 2. The molecule has 0 radical (unpaired) electrons. The van der Waals surface area contributed by atoms with Gasteiger partial charge >= 0.3 is 0 Å². The minimum Gasteiger partial charge on any atom is -0.397 e. The summed E-state index contributed by atoms with van der Waals surface area (Å²) in [5.41, 5.74) is 4.60. The van der Waals surface area contributed by atoms with Crippen LogP contribution >= 0.6 is 0 Å². The predicted molar refractivity (Wildman–Crippen MR) is 190 cm³/mol. The summed E-state index contributed by atoms with van der Waals surface area (Å²) >= 11 is -2.26. The second-order valence-electron chi connectivity index (χ2n) is 10.9. The highest BCUT2D eigenvalue weighted by Gasteiger charge is 2.36. The minimum absolute atomic E-state index is 0.0135. The van der Waals surface area contributed by atoms with Crippen molar-refractivity contribution in [3.8, 4) is 0 Å². The highest BCUT2D eigenvalue weighted by molar-refractivity contribution is 7.91. The zero-order valence-corrected chi connectivity index (χ0v) is 28.7. The first kappa shape index (κ1) is 35.9. The van der Waals surface area contributed by atoms with Crippen LogP contribution in [0.4, 0.5) is 40.3 Å². The summed E-state index contributed by atoms with van der Waals surface area (Å²) < 4.78 is 82.1. The number of nitrogen functional groups attached to an aromatic ring is 1. The number of fused-ring (bicyclic) bond motifs is 2. The topological polar surface area (TPSA) is 281 Å². The lowest BCUT2D eigenvalue weighted by molar-refractivity contribution is 0.0980. The van der Waals surface area contributed by atoms with Gasteiger partial charge in [-0.3, -0.25) is 14.1 Å². The summed E-state index contributed by atoms with van der Waals surface area (Å²) in [5, 5.41) is 17.9. The molecular weight excluding hydrogens is 739 g/mol. The molecule has 17 nitrogen and oxygen atoms in total. The van der Waals surface area contributed by atoms with Gasteiger partial charge in [0.25, 0.3) is 10.1 Å². The van der Waals surface area contributed by atoms with Gasteiger partial charge in [-0.1, -0.05) is 36.9 Å². The summed E-state index contributed by atoms with van der Waals surface area (Å²) in [6.07, 6.45) is 1.27. The van der Waals surface area contributed by atoms with Gasteiger partial charge in [0.1, 0.15) is 10.8 Å². The number of carbonyl (C=O) groups excluding carboxylic acids is 2. The van der Waals surface area contributed by atoms with Gasteiger partial charge in [0.15, 0.2) is 28.5 Å². The second kappa shape index (κ2) is 13.7. The highest BCUT2D eigenvalue weighted by atomic mass is 32.2. The van der Waals surface area contributed by atoms with E-state index in [1.807, 2.05) is 0 Å². The first-order valence-corrected chi connectivity index (χ1v) is 18.8. The van der Waals surface area contributed by atoms with Gasteiger partial charge < -0.3 is 31.3 Å². The molecule has 0 bridgehead atoms. The normalized spacial score (nSPS) is 13.1. The number of nitrogens with two attached hydrogens (primary N) is 1. The number of hydrogen-bond acceptors (Lipinski definition) is 15. The Labute approximate surface area is 297 Å². The van der Waals surface area contributed by atoms with E-state index in [0.29, 0.717) is 5.69 Å². The summed E-state index contributed by atoms with van der Waals surface area (Å²) in [5.74, 6) is -3.05. The Bertz CT molecular complexity index is 2600. The lowest BCUT2D eigenvalue weighted by atomic mass is 9.82. The first-order chi connectivity index (χ1) is 24.6. The fourth-order valence-corrected chi connectivity index (χ4v) is 7.29. The zero-order valence-electron chi connectivity index (χ0n) is 26.3. The lowest BCUT2D eigenvalue weighted by Crippen LogP contribution is -2.25. The van der Waals surface area contributed by atoms with Crippen LogP contribution in [0.1, 0.15) is 37.7 Å². The summed E-state index contributed by atoms with van der Waals surface area (Å²) in [7, 11) is -9.48. The zero-order chi connectivity index (χ0) is 37.5. The molecule has 0 spiro atoms. The van der Waals surface area contributed by atoms with Crippen LogP contribution in [-0.4, -0.2) is 67.7 Å². The second-order valence-corrected chi connectivity index (χ2v) is 15.2. The largest absolute Gasteiger partial charge is 0.397 e. The predicted octanol–water partition coefficient (Wildman–Crippen LogP) is 3.65. The number of aliphatic hydroxyl groups excluding tert-OH is 1. The van der Waals surface area contributed by atoms with E-state index in [-0.39, 0.29) is 56.4 Å². The number of aliphatic hydroxyl groups is 1. The molecule has 0 saturated heterocycles. The maximum atomic E-state index is 13.7. The third kappa shape index (κ3) is 6.88. The number of rotatable bonds is 11. The summed E-state index contributed by atoms with van der Waals surface area (Å²) in [6.45, 7) is 3.63. The van der Waals surface area contributed by atoms with Crippen LogP contribution in [0.5, 0.6) is 0 Å². The van der Waals surface area contributed by atoms with Crippen LogP contribution in [0.25, 0.3) is 6.08 Å². The molecular formula is C32H25N7O10S3. The number of hydrogen-bond donors (Lipinski definition) is 7. The van der Waals surface area contributed by atoms with Crippen molar-refractivity contribution in [2.24, 2.45) is 0 Å². The Hall–Kier alpha value is -5.90. The molecule has 20 heteroatoms. The fraction of sp³-hybridized carbons (Fsp3) is 0.0312. The van der Waals surface area contributed by atoms with Crippen LogP contribution in [0, 0.1) is 0 Å². The molecule has 1 aliphatic rings. The highest BCUT2D eigenvalue weighted by Crippen LogP contribution is 2.41. The van der Waals surface area contributed by atoms with Gasteiger partial charge in [0, 0.05) is 22.5 Å². The molecule has 0 amide bonds. The first-order valence-electron chi connectivity index (χ1n) is 14.6. The Morgan fingerprint density at radius 3 is 2.02 bits per heavy atom. The average Bonchev–Trinajstić information content (AvgIpc) is 3.11. The molecule has 8 N–H and O–H groups in total. The molecule has 5 aromatic rings. The fourth-order valence-electron chi connectivity index (χ4n) is 5.32. The van der Waals surface area contributed by atoms with Crippen molar-refractivity contribution in [1.29, 1.82) is 0 Å². The van der Waals surface area contributed by atoms with Gasteiger partial charge in [-0.05, 0) is 48.5 Å². The Morgan fingerprint density at radius 1 is 0.769 bits per heavy atom. The third-order valence-electron chi connectivity index (χ3n) is 7.62. The van der Waals surface area contributed by atoms with Crippen molar-refractivity contribution >= 4 is 89.0 Å². The smallest absolute Gasteiger partial charge is 0.296 e. The summed E-state index contributed by atoms with van der Waals surface area (Å²) in [4.78, 5) is 38.6. The molecule has 0 aliphatic heterocycles. The monoisotopic (exact) mass is 763 g/mol. The minimum atomic E-state index is -5.01. The molecule has 1 heterocycles. The van der Waals surface area contributed by atoms with E-state index in [9.17, 15) is 44.8 Å². The molecule has 6 rings (SSSR count). The van der Waals surface area contributed by atoms with Gasteiger partial charge in [-0.15, -0.1) is 0 Å². The van der Waals surface area contributed by atoms with Crippen LogP contribution in [-0.2, 0) is 31.0 Å². The molecule has 1 unspecified atom stereocenters. The maximum Gasteiger partial charge on any atom is 0.296 e. The van der Waals surface area contributed by atoms with E-state index in [1.165, 1.54) is 60.7 Å². The molecule has 1 aliphatic carbocycles. The van der Waals surface area contributed by atoms with Gasteiger partial charge in [0.2, 0.25) is 21.7 Å². The Balaban J connectivity index is 1.41. The average molecular weight is 764 g/mol. The number of nitrogens with zero attached hydrogens (tertiary/aromatic N) is 3. The number of sulfone groups is 1. The number of nitrogens with one attached hydrogen (secondary N) is 3. The third-order valence-corrected chi connectivity index (χ3v) is 10.5. The summed E-state index contributed by atoms with van der Waals surface area (Å²) in [6, 6.07) is 16.1. The number of anilines is 7. The van der Waals surface area contributed by atoms with Crippen molar-refractivity contribution < 1.29 is 44.8 Å². The van der Waals surface area contributed by atoms with Crippen LogP contribution < -0.4 is 21.7 Å². The van der Waals surface area contributed by atoms with Crippen molar-refractivity contribution in [2.75, 3.05) is 27.6 Å². The molecule has 1 aromatic heterocycles. The molecule has 1 atom stereocenters. The molecule has 0 fully saturated rings. The molecule has 266 valence electrons. The number of aromatic nitrogens is 3. The van der Waals surface area contributed by atoms with E-state index in [2.05, 4.69) is 37.5 Å². The number of benzene rings is 4. The van der Waals surface area contributed by atoms with E-state index >= 15 is 0 Å². The lowest BCUT2D eigenvalue weighted by Gasteiger charge is -2.24. The van der Waals surface area contributed by atoms with E-state index in [0.717, 1.165) is 12.1 Å². The van der Waals surface area contributed by atoms with E-state index in [1.54, 1.807) is 6.07 Å². The molecule has 0 saturated carbocycles. The van der Waals surface area contributed by atoms with Gasteiger partial charge in [-0.2, -0.15) is 23.4 Å². The van der Waals surface area contributed by atoms with Crippen LogP contribution in [0.3, 0.4) is 0 Å². The van der Waals surface area contributed by atoms with E-state index < -0.39 is 69.6 Å². The van der Waals surface area contributed by atoms with E-state index in [4.69, 9.17) is 5.73 Å². The SMILES string of the molecule is C=Cc1nc(Nc2cccc(S(=O)O)c2)nc(Nc2ccc(Nc3cc(S(=O)(=O)CO)c(N)c4c3C(=O)c3ccccc3C4=O)cc2S(=O)(=O)O)n1. The molecule has 52 heavy (non-hydrogen) atoms. The van der Waals surface area contributed by atoms with Crippen molar-refractivity contribution in [2.45, 2.75) is 14.7 Å². The van der Waals surface area contributed by atoms with Gasteiger partial charge in [-0.25, -0.2) is 12.6 Å². The van der Waals surface area contributed by atoms with Crippen molar-refractivity contribution in [3.63, 3.8) is 0 Å². The van der Waals surface area contributed by atoms with Crippen LogP contribution in [0.15, 0.2) is 94.1 Å².